The van der Waals surface area contributed by atoms with Crippen LogP contribution in [0.5, 0.6) is 0 Å². The van der Waals surface area contributed by atoms with Crippen LogP contribution in [-0.4, -0.2) is 17.5 Å². The molecule has 0 saturated carbocycles. The van der Waals surface area contributed by atoms with E-state index in [4.69, 9.17) is 0 Å². The van der Waals surface area contributed by atoms with E-state index in [0.717, 1.165) is 30.6 Å². The number of hydrogen-bond acceptors (Lipinski definition) is 1. The highest BCUT2D eigenvalue weighted by atomic mass is 16.2. The van der Waals surface area contributed by atoms with Crippen molar-refractivity contribution in [2.24, 2.45) is 0 Å². The van der Waals surface area contributed by atoms with Crippen LogP contribution in [0.3, 0.4) is 0 Å². The van der Waals surface area contributed by atoms with Crippen molar-refractivity contribution in [3.05, 3.63) is 65.2 Å². The van der Waals surface area contributed by atoms with Gasteiger partial charge in [-0.1, -0.05) is 42.5 Å². The highest BCUT2D eigenvalue weighted by molar-refractivity contribution is 5.90. The van der Waals surface area contributed by atoms with Crippen LogP contribution in [0.1, 0.15) is 35.6 Å². The fourth-order valence-corrected chi connectivity index (χ4v) is 3.19. The van der Waals surface area contributed by atoms with Crippen molar-refractivity contribution >= 4 is 11.7 Å². The number of nitrogens with zero attached hydrogens (tertiary/aromatic N) is 1. The van der Waals surface area contributed by atoms with Gasteiger partial charge in [0.1, 0.15) is 0 Å². The van der Waals surface area contributed by atoms with Gasteiger partial charge in [-0.05, 0) is 49.4 Å². The van der Waals surface area contributed by atoms with Crippen LogP contribution < -0.4 is 5.32 Å². The first-order chi connectivity index (χ1) is 10.7. The second kappa shape index (κ2) is 6.22. The molecule has 1 fully saturated rings. The molecule has 1 heterocycles. The van der Waals surface area contributed by atoms with Gasteiger partial charge in [0.2, 0.25) is 0 Å². The molecule has 1 atom stereocenters. The van der Waals surface area contributed by atoms with Crippen LogP contribution in [0.4, 0.5) is 10.5 Å². The highest BCUT2D eigenvalue weighted by Crippen LogP contribution is 2.34. The van der Waals surface area contributed by atoms with E-state index < -0.39 is 0 Å². The van der Waals surface area contributed by atoms with E-state index in [9.17, 15) is 4.79 Å². The zero-order chi connectivity index (χ0) is 15.5. The third-order valence-electron chi connectivity index (χ3n) is 4.45. The van der Waals surface area contributed by atoms with E-state index in [2.05, 4.69) is 30.4 Å². The number of carbonyl (C=O) groups is 1. The molecule has 1 aliphatic rings. The van der Waals surface area contributed by atoms with Crippen molar-refractivity contribution in [2.45, 2.75) is 32.7 Å². The average Bonchev–Trinajstić information content (AvgIpc) is 2.99. The number of benzene rings is 2. The predicted molar refractivity (Wildman–Crippen MR) is 90.1 cm³/mol. The largest absolute Gasteiger partial charge is 0.322 e. The van der Waals surface area contributed by atoms with Crippen LogP contribution >= 0.6 is 0 Å². The Morgan fingerprint density at radius 2 is 1.73 bits per heavy atom. The first-order valence-electron chi connectivity index (χ1n) is 7.85. The number of anilines is 1. The molecule has 3 rings (SSSR count). The molecule has 0 aliphatic carbocycles. The van der Waals surface area contributed by atoms with Crippen LogP contribution in [0.15, 0.2) is 48.5 Å². The van der Waals surface area contributed by atoms with Gasteiger partial charge < -0.3 is 10.2 Å². The third kappa shape index (κ3) is 2.84. The van der Waals surface area contributed by atoms with Crippen LogP contribution in [0, 0.1) is 13.8 Å². The van der Waals surface area contributed by atoms with Crippen molar-refractivity contribution < 1.29 is 4.79 Å². The monoisotopic (exact) mass is 294 g/mol. The number of rotatable bonds is 2. The maximum Gasteiger partial charge on any atom is 0.322 e. The summed E-state index contributed by atoms with van der Waals surface area (Å²) < 4.78 is 0. The van der Waals surface area contributed by atoms with Gasteiger partial charge in [-0.3, -0.25) is 0 Å². The van der Waals surface area contributed by atoms with Crippen molar-refractivity contribution in [1.82, 2.24) is 4.90 Å². The molecule has 1 aliphatic heterocycles. The van der Waals surface area contributed by atoms with Crippen molar-refractivity contribution in [3.8, 4) is 0 Å². The lowest BCUT2D eigenvalue weighted by molar-refractivity contribution is 0.207. The molecule has 2 amide bonds. The minimum absolute atomic E-state index is 0.0000491. The predicted octanol–water partition coefficient (Wildman–Crippen LogP) is 4.67. The van der Waals surface area contributed by atoms with Gasteiger partial charge in [0.15, 0.2) is 0 Å². The van der Waals surface area contributed by atoms with Crippen LogP contribution in [0.25, 0.3) is 0 Å². The smallest absolute Gasteiger partial charge is 0.317 e. The average molecular weight is 294 g/mol. The Kier molecular flexibility index (Phi) is 4.14. The summed E-state index contributed by atoms with van der Waals surface area (Å²) in [5, 5.41) is 3.06. The molecule has 114 valence electrons. The molecule has 2 aromatic rings. The molecule has 1 saturated heterocycles. The zero-order valence-electron chi connectivity index (χ0n) is 13.2. The van der Waals surface area contributed by atoms with E-state index in [1.54, 1.807) is 0 Å². The van der Waals surface area contributed by atoms with Crippen LogP contribution in [0.2, 0.25) is 0 Å². The molecular weight excluding hydrogens is 272 g/mol. The summed E-state index contributed by atoms with van der Waals surface area (Å²) in [5.41, 5.74) is 4.49. The number of likely N-dealkylation sites (tertiary alicyclic amines) is 1. The molecule has 3 nitrogen and oxygen atoms in total. The van der Waals surface area contributed by atoms with Crippen molar-refractivity contribution in [1.29, 1.82) is 0 Å². The molecule has 22 heavy (non-hydrogen) atoms. The van der Waals surface area contributed by atoms with Gasteiger partial charge in [-0.15, -0.1) is 0 Å². The molecule has 0 aromatic heterocycles. The second-order valence-electron chi connectivity index (χ2n) is 5.95. The minimum atomic E-state index is 0.0000491. The maximum absolute atomic E-state index is 12.7. The van der Waals surface area contributed by atoms with E-state index in [1.165, 1.54) is 11.1 Å². The molecule has 1 N–H and O–H groups in total. The highest BCUT2D eigenvalue weighted by Gasteiger charge is 2.30. The molecule has 2 aromatic carbocycles. The Morgan fingerprint density at radius 1 is 1.05 bits per heavy atom. The van der Waals surface area contributed by atoms with Gasteiger partial charge >= 0.3 is 6.03 Å². The Labute approximate surface area is 132 Å². The molecule has 0 radical (unpaired) electrons. The quantitative estimate of drug-likeness (QED) is 0.857. The van der Waals surface area contributed by atoms with Crippen LogP contribution in [-0.2, 0) is 0 Å². The molecule has 3 heteroatoms. The first kappa shape index (κ1) is 14.6. The van der Waals surface area contributed by atoms with E-state index >= 15 is 0 Å². The summed E-state index contributed by atoms with van der Waals surface area (Å²) in [6, 6.07) is 16.4. The summed E-state index contributed by atoms with van der Waals surface area (Å²) in [4.78, 5) is 14.6. The second-order valence-corrected chi connectivity index (χ2v) is 5.95. The van der Waals surface area contributed by atoms with Gasteiger partial charge in [-0.25, -0.2) is 4.79 Å². The Bertz CT molecular complexity index is 681. The lowest BCUT2D eigenvalue weighted by Gasteiger charge is -2.26. The number of urea groups is 1. The van der Waals surface area contributed by atoms with Gasteiger partial charge in [0.25, 0.3) is 0 Å². The number of hydrogen-bond donors (Lipinski definition) is 1. The maximum atomic E-state index is 12.7. The number of para-hydroxylation sites is 1. The molecule has 0 unspecified atom stereocenters. The Morgan fingerprint density at radius 3 is 2.45 bits per heavy atom. The summed E-state index contributed by atoms with van der Waals surface area (Å²) in [6.07, 6.45) is 2.09. The SMILES string of the molecule is Cc1ccccc1NC(=O)N1CCC[C@H]1c1ccccc1C. The standard InChI is InChI=1S/C19H22N2O/c1-14-8-3-5-10-16(14)18-12-7-13-21(18)19(22)20-17-11-6-4-9-15(17)2/h3-6,8-11,18H,7,12-13H2,1-2H3,(H,20,22)/t18-/m0/s1. The Hall–Kier alpha value is -2.29. The summed E-state index contributed by atoms with van der Waals surface area (Å²) in [7, 11) is 0. The number of aryl methyl sites for hydroxylation is 2. The van der Waals surface area contributed by atoms with Gasteiger partial charge in [-0.2, -0.15) is 0 Å². The van der Waals surface area contributed by atoms with E-state index in [-0.39, 0.29) is 12.1 Å². The number of nitrogens with one attached hydrogen (secondary N) is 1. The van der Waals surface area contributed by atoms with Crippen molar-refractivity contribution in [2.75, 3.05) is 11.9 Å². The summed E-state index contributed by atoms with van der Waals surface area (Å²) in [6.45, 7) is 4.94. The van der Waals surface area contributed by atoms with E-state index in [1.807, 2.05) is 42.2 Å². The van der Waals surface area contributed by atoms with Gasteiger partial charge in [0, 0.05) is 12.2 Å². The number of amides is 2. The Balaban J connectivity index is 1.80. The van der Waals surface area contributed by atoms with Crippen molar-refractivity contribution in [3.63, 3.8) is 0 Å². The van der Waals surface area contributed by atoms with Gasteiger partial charge in [0.05, 0.1) is 6.04 Å². The minimum Gasteiger partial charge on any atom is -0.317 e. The molecular formula is C19H22N2O. The lowest BCUT2D eigenvalue weighted by atomic mass is 9.99. The lowest BCUT2D eigenvalue weighted by Crippen LogP contribution is -2.34. The topological polar surface area (TPSA) is 32.3 Å². The molecule has 0 spiro atoms. The van der Waals surface area contributed by atoms with E-state index in [0.29, 0.717) is 0 Å². The number of carbonyl (C=O) groups excluding carboxylic acids is 1. The zero-order valence-corrected chi connectivity index (χ0v) is 13.2. The summed E-state index contributed by atoms with van der Waals surface area (Å²) in [5.74, 6) is 0. The fourth-order valence-electron chi connectivity index (χ4n) is 3.19. The first-order valence-corrected chi connectivity index (χ1v) is 7.85. The third-order valence-corrected chi connectivity index (χ3v) is 4.45. The fraction of sp³-hybridized carbons (Fsp3) is 0.316. The normalized spacial score (nSPS) is 17.5. The summed E-state index contributed by atoms with van der Waals surface area (Å²) >= 11 is 0. The molecule has 0 bridgehead atoms.